The van der Waals surface area contributed by atoms with Gasteiger partial charge in [0.25, 0.3) is 0 Å². The van der Waals surface area contributed by atoms with E-state index in [1.54, 1.807) is 48.7 Å². The first kappa shape index (κ1) is 34.2. The average molecular weight is 643 g/mol. The summed E-state index contributed by atoms with van der Waals surface area (Å²) in [6.45, 7) is 0. The van der Waals surface area contributed by atoms with E-state index in [4.69, 9.17) is 11.5 Å². The maximum Gasteiger partial charge on any atom is 0.326 e. The third-order valence-electron chi connectivity index (χ3n) is 7.67. The number of phenolic OH excluding ortho intramolecular Hbond substituents is 1. The number of fused-ring (bicyclic) bond motifs is 1. The molecule has 10 N–H and O–H groups in total. The van der Waals surface area contributed by atoms with Crippen molar-refractivity contribution in [1.29, 1.82) is 0 Å². The molecule has 13 nitrogen and oxygen atoms in total. The van der Waals surface area contributed by atoms with E-state index in [2.05, 4.69) is 20.9 Å². The van der Waals surface area contributed by atoms with Gasteiger partial charge in [-0.15, -0.1) is 0 Å². The van der Waals surface area contributed by atoms with Gasteiger partial charge in [0.1, 0.15) is 23.9 Å². The number of primary amides is 1. The third kappa shape index (κ3) is 9.90. The van der Waals surface area contributed by atoms with Crippen molar-refractivity contribution in [2.75, 3.05) is 0 Å². The van der Waals surface area contributed by atoms with E-state index in [0.29, 0.717) is 11.1 Å². The second-order valence-corrected chi connectivity index (χ2v) is 11.3. The van der Waals surface area contributed by atoms with Crippen LogP contribution >= 0.6 is 0 Å². The Labute approximate surface area is 270 Å². The highest BCUT2D eigenvalue weighted by atomic mass is 16.4. The number of phenols is 1. The summed E-state index contributed by atoms with van der Waals surface area (Å²) in [6, 6.07) is 17.5. The van der Waals surface area contributed by atoms with Gasteiger partial charge in [0.15, 0.2) is 0 Å². The molecule has 0 aliphatic carbocycles. The number of benzene rings is 3. The normalized spacial score (nSPS) is 13.6. The second-order valence-electron chi connectivity index (χ2n) is 11.3. The summed E-state index contributed by atoms with van der Waals surface area (Å²) in [5.74, 6) is -4.20. The zero-order valence-electron chi connectivity index (χ0n) is 25.5. The number of hydrogen-bond acceptors (Lipinski definition) is 7. The summed E-state index contributed by atoms with van der Waals surface area (Å²) in [6.07, 6.45) is 1.44. The number of amides is 4. The molecule has 0 saturated carbocycles. The van der Waals surface area contributed by atoms with E-state index in [1.165, 1.54) is 12.1 Å². The lowest BCUT2D eigenvalue weighted by Crippen LogP contribution is -2.58. The Morgan fingerprint density at radius 2 is 1.26 bits per heavy atom. The predicted molar refractivity (Wildman–Crippen MR) is 174 cm³/mol. The van der Waals surface area contributed by atoms with Gasteiger partial charge < -0.3 is 42.6 Å². The Balaban J connectivity index is 1.55. The highest BCUT2D eigenvalue weighted by Gasteiger charge is 2.31. The van der Waals surface area contributed by atoms with Crippen LogP contribution in [0, 0.1) is 0 Å². The number of aromatic hydroxyl groups is 1. The first-order chi connectivity index (χ1) is 22.5. The minimum atomic E-state index is -1.43. The van der Waals surface area contributed by atoms with E-state index < -0.39 is 53.8 Å². The van der Waals surface area contributed by atoms with Gasteiger partial charge in [0, 0.05) is 36.4 Å². The van der Waals surface area contributed by atoms with Crippen molar-refractivity contribution in [2.45, 2.75) is 56.3 Å². The molecule has 0 spiro atoms. The van der Waals surface area contributed by atoms with Crippen LogP contribution in [0.3, 0.4) is 0 Å². The number of para-hydroxylation sites is 1. The number of nitrogens with one attached hydrogen (secondary N) is 4. The number of aromatic amines is 1. The molecule has 4 rings (SSSR count). The number of hydrogen-bond donors (Lipinski definition) is 8. The molecule has 47 heavy (non-hydrogen) atoms. The van der Waals surface area contributed by atoms with Crippen LogP contribution in [-0.2, 0) is 43.2 Å². The van der Waals surface area contributed by atoms with Gasteiger partial charge >= 0.3 is 5.97 Å². The number of aliphatic carboxylic acids is 1. The molecular weight excluding hydrogens is 604 g/mol. The highest BCUT2D eigenvalue weighted by Crippen LogP contribution is 2.19. The molecule has 4 atom stereocenters. The van der Waals surface area contributed by atoms with Crippen molar-refractivity contribution < 1.29 is 34.2 Å². The number of carbonyl (C=O) groups excluding carboxylic acids is 4. The van der Waals surface area contributed by atoms with E-state index in [9.17, 15) is 34.2 Å². The molecule has 0 aliphatic heterocycles. The molecule has 4 aromatic rings. The quantitative estimate of drug-likeness (QED) is 0.0878. The Bertz CT molecular complexity index is 1710. The van der Waals surface area contributed by atoms with Crippen LogP contribution in [0.2, 0.25) is 0 Å². The first-order valence-corrected chi connectivity index (χ1v) is 15.0. The smallest absolute Gasteiger partial charge is 0.326 e. The minimum absolute atomic E-state index is 0.000521. The van der Waals surface area contributed by atoms with Gasteiger partial charge in [-0.1, -0.05) is 60.7 Å². The molecule has 1 heterocycles. The van der Waals surface area contributed by atoms with E-state index in [1.807, 2.05) is 24.3 Å². The molecule has 1 aromatic heterocycles. The molecule has 4 amide bonds. The van der Waals surface area contributed by atoms with Crippen LogP contribution in [0.1, 0.15) is 29.5 Å². The van der Waals surface area contributed by atoms with Crippen LogP contribution in [0.5, 0.6) is 5.75 Å². The number of rotatable bonds is 16. The van der Waals surface area contributed by atoms with Gasteiger partial charge in [-0.25, -0.2) is 4.79 Å². The zero-order valence-corrected chi connectivity index (χ0v) is 25.5. The van der Waals surface area contributed by atoms with E-state index in [-0.39, 0.29) is 37.9 Å². The maximum absolute atomic E-state index is 13.8. The van der Waals surface area contributed by atoms with Crippen LogP contribution in [0.15, 0.2) is 85.1 Å². The van der Waals surface area contributed by atoms with Gasteiger partial charge in [-0.2, -0.15) is 0 Å². The van der Waals surface area contributed by atoms with Crippen molar-refractivity contribution in [1.82, 2.24) is 20.9 Å². The van der Waals surface area contributed by atoms with Gasteiger partial charge in [-0.05, 0) is 47.7 Å². The number of carbonyl (C=O) groups is 5. The van der Waals surface area contributed by atoms with E-state index >= 15 is 0 Å². The summed E-state index contributed by atoms with van der Waals surface area (Å²) < 4.78 is 0. The number of carboxylic acids is 1. The summed E-state index contributed by atoms with van der Waals surface area (Å²) in [5.41, 5.74) is 14.5. The van der Waals surface area contributed by atoms with Crippen LogP contribution in [0.25, 0.3) is 10.9 Å². The Morgan fingerprint density at radius 1 is 0.702 bits per heavy atom. The van der Waals surface area contributed by atoms with Crippen LogP contribution in [-0.4, -0.2) is 69.0 Å². The lowest BCUT2D eigenvalue weighted by atomic mass is 10.0. The van der Waals surface area contributed by atoms with Gasteiger partial charge in [0.2, 0.25) is 23.6 Å². The second kappa shape index (κ2) is 16.0. The monoisotopic (exact) mass is 642 g/mol. The summed E-state index contributed by atoms with van der Waals surface area (Å²) >= 11 is 0. The molecular formula is C34H38N6O7. The fraction of sp³-hybridized carbons (Fsp3) is 0.265. The highest BCUT2D eigenvalue weighted by molar-refractivity contribution is 5.95. The first-order valence-electron chi connectivity index (χ1n) is 15.0. The molecule has 13 heteroatoms. The minimum Gasteiger partial charge on any atom is -0.508 e. The fourth-order valence-electron chi connectivity index (χ4n) is 5.13. The number of aromatic nitrogens is 1. The summed E-state index contributed by atoms with van der Waals surface area (Å²) in [4.78, 5) is 66.9. The van der Waals surface area contributed by atoms with Crippen LogP contribution in [0.4, 0.5) is 0 Å². The van der Waals surface area contributed by atoms with Crippen molar-refractivity contribution in [2.24, 2.45) is 11.5 Å². The average Bonchev–Trinajstić information content (AvgIpc) is 3.45. The molecule has 246 valence electrons. The lowest BCUT2D eigenvalue weighted by molar-refractivity contribution is -0.142. The standard InChI is InChI=1S/C34H38N6O7/c35-25(18-22-19-37-26-9-5-4-8-24(22)26)31(43)39-28(17-21-10-12-23(41)13-11-21)33(45)40-29(16-20-6-2-1-3-7-20)32(44)38-27(34(46)47)14-15-30(36)42/h1-13,19,25,27-29,37,41H,14-18,35H2,(H2,36,42)(H,38,44)(H,39,43)(H,40,45)(H,46,47). The zero-order chi connectivity index (χ0) is 33.9. The maximum atomic E-state index is 13.8. The molecule has 0 aliphatic rings. The Morgan fingerprint density at radius 3 is 1.87 bits per heavy atom. The molecule has 0 radical (unpaired) electrons. The van der Waals surface area contributed by atoms with Gasteiger partial charge in [-0.3, -0.25) is 19.2 Å². The van der Waals surface area contributed by atoms with Gasteiger partial charge in [0.05, 0.1) is 6.04 Å². The number of H-pyrrole nitrogens is 1. The number of carboxylic acid groups (broad SMARTS) is 1. The Kier molecular flexibility index (Phi) is 11.7. The summed E-state index contributed by atoms with van der Waals surface area (Å²) in [7, 11) is 0. The number of nitrogens with two attached hydrogens (primary N) is 2. The third-order valence-corrected chi connectivity index (χ3v) is 7.67. The van der Waals surface area contributed by atoms with E-state index in [0.717, 1.165) is 16.5 Å². The molecule has 0 saturated heterocycles. The van der Waals surface area contributed by atoms with Crippen molar-refractivity contribution in [3.8, 4) is 5.75 Å². The topological polar surface area (TPSA) is 230 Å². The molecule has 0 fully saturated rings. The predicted octanol–water partition coefficient (Wildman–Crippen LogP) is 1.03. The van der Waals surface area contributed by atoms with Crippen LogP contribution < -0.4 is 27.4 Å². The van der Waals surface area contributed by atoms with Crippen molar-refractivity contribution >= 4 is 40.5 Å². The lowest BCUT2D eigenvalue weighted by Gasteiger charge is -2.25. The molecule has 0 bridgehead atoms. The largest absolute Gasteiger partial charge is 0.508 e. The van der Waals surface area contributed by atoms with Crippen molar-refractivity contribution in [3.63, 3.8) is 0 Å². The Hall–Kier alpha value is -5.69. The fourth-order valence-corrected chi connectivity index (χ4v) is 5.13. The molecule has 4 unspecified atom stereocenters. The SMILES string of the molecule is NC(=O)CCC(NC(=O)C(Cc1ccccc1)NC(=O)C(Cc1ccc(O)cc1)NC(=O)C(N)Cc1c[nH]c2ccccc12)C(=O)O. The molecule has 3 aromatic carbocycles. The van der Waals surface area contributed by atoms with Crippen molar-refractivity contribution in [3.05, 3.63) is 102 Å². The summed E-state index contributed by atoms with van der Waals surface area (Å²) in [5, 5.41) is 28.1.